The maximum absolute atomic E-state index is 12.8. The molecule has 1 fully saturated rings. The minimum Gasteiger partial charge on any atom is -0.444 e. The zero-order valence-corrected chi connectivity index (χ0v) is 18.1. The Morgan fingerprint density at radius 2 is 1.75 bits per heavy atom. The second-order valence-corrected chi connectivity index (χ2v) is 8.53. The molecule has 0 radical (unpaired) electrons. The number of ether oxygens (including phenoxy) is 2. The number of anilines is 1. The molecule has 0 atom stereocenters. The molecular formula is C22H26F3N3O4. The lowest BCUT2D eigenvalue weighted by atomic mass is 10.0. The second kappa shape index (κ2) is 9.13. The highest BCUT2D eigenvalue weighted by atomic mass is 19.4. The van der Waals surface area contributed by atoms with Gasteiger partial charge in [0, 0.05) is 37.1 Å². The van der Waals surface area contributed by atoms with Crippen molar-refractivity contribution in [3.8, 4) is 5.75 Å². The molecule has 174 valence electrons. The lowest BCUT2D eigenvalue weighted by Crippen LogP contribution is -2.42. The molecule has 0 aliphatic carbocycles. The smallest absolute Gasteiger partial charge is 0.444 e. The Labute approximate surface area is 184 Å². The Bertz CT molecular complexity index is 958. The van der Waals surface area contributed by atoms with Gasteiger partial charge in [0.25, 0.3) is 5.91 Å². The van der Waals surface area contributed by atoms with Gasteiger partial charge in [-0.25, -0.2) is 4.79 Å². The number of carbonyl (C=O) groups excluding carboxylic acids is 2. The number of rotatable bonds is 4. The summed E-state index contributed by atoms with van der Waals surface area (Å²) in [4.78, 5) is 26.7. The molecule has 10 heteroatoms. The van der Waals surface area contributed by atoms with Gasteiger partial charge in [0.15, 0.2) is 0 Å². The summed E-state index contributed by atoms with van der Waals surface area (Å²) in [6, 6.07) is 8.49. The van der Waals surface area contributed by atoms with Crippen LogP contribution in [0.3, 0.4) is 0 Å². The van der Waals surface area contributed by atoms with Gasteiger partial charge in [-0.05, 0) is 57.9 Å². The number of amides is 2. The van der Waals surface area contributed by atoms with Gasteiger partial charge >= 0.3 is 12.5 Å². The van der Waals surface area contributed by atoms with E-state index >= 15 is 0 Å². The Morgan fingerprint density at radius 3 is 2.38 bits per heavy atom. The molecule has 2 heterocycles. The number of hydrogen-bond donors (Lipinski definition) is 1. The summed E-state index contributed by atoms with van der Waals surface area (Å²) in [6.07, 6.45) is -2.11. The molecule has 32 heavy (non-hydrogen) atoms. The van der Waals surface area contributed by atoms with Crippen molar-refractivity contribution in [3.63, 3.8) is 0 Å². The Hall–Kier alpha value is -3.17. The van der Waals surface area contributed by atoms with E-state index in [1.807, 2.05) is 25.3 Å². The Balaban J connectivity index is 1.63. The fourth-order valence-electron chi connectivity index (χ4n) is 3.52. The van der Waals surface area contributed by atoms with Crippen molar-refractivity contribution in [2.45, 2.75) is 51.6 Å². The highest BCUT2D eigenvalue weighted by molar-refractivity contribution is 6.03. The highest BCUT2D eigenvalue weighted by Gasteiger charge is 2.31. The van der Waals surface area contributed by atoms with Crippen LogP contribution in [0.5, 0.6) is 5.75 Å². The molecular weight excluding hydrogens is 427 g/mol. The lowest BCUT2D eigenvalue weighted by molar-refractivity contribution is -0.274. The number of likely N-dealkylation sites (tertiary alicyclic amines) is 1. The molecule has 7 nitrogen and oxygen atoms in total. The van der Waals surface area contributed by atoms with Gasteiger partial charge in [0.05, 0.1) is 0 Å². The lowest BCUT2D eigenvalue weighted by Gasteiger charge is -2.34. The van der Waals surface area contributed by atoms with E-state index in [2.05, 4.69) is 10.1 Å². The first-order valence-corrected chi connectivity index (χ1v) is 10.2. The monoisotopic (exact) mass is 453 g/mol. The first-order chi connectivity index (χ1) is 14.9. The van der Waals surface area contributed by atoms with Crippen molar-refractivity contribution in [3.05, 3.63) is 48.3 Å². The molecule has 1 N–H and O–H groups in total. The van der Waals surface area contributed by atoms with Gasteiger partial charge in [-0.3, -0.25) is 4.79 Å². The minimum absolute atomic E-state index is 0.00401. The number of aromatic nitrogens is 1. The summed E-state index contributed by atoms with van der Waals surface area (Å²) >= 11 is 0. The number of nitrogens with zero attached hydrogens (tertiary/aromatic N) is 2. The predicted molar refractivity (Wildman–Crippen MR) is 112 cm³/mol. The van der Waals surface area contributed by atoms with Gasteiger partial charge in [-0.1, -0.05) is 6.07 Å². The molecule has 1 aliphatic heterocycles. The number of halogens is 3. The van der Waals surface area contributed by atoms with Crippen molar-refractivity contribution in [2.24, 2.45) is 0 Å². The normalized spacial score (nSPS) is 15.4. The maximum atomic E-state index is 12.8. The fourth-order valence-corrected chi connectivity index (χ4v) is 3.52. The molecule has 0 unspecified atom stereocenters. The van der Waals surface area contributed by atoms with E-state index in [1.54, 1.807) is 23.2 Å². The molecule has 1 aliphatic rings. The van der Waals surface area contributed by atoms with Gasteiger partial charge in [0.2, 0.25) is 0 Å². The van der Waals surface area contributed by atoms with Gasteiger partial charge in [-0.2, -0.15) is 0 Å². The van der Waals surface area contributed by atoms with Crippen LogP contribution in [-0.2, 0) is 4.74 Å². The van der Waals surface area contributed by atoms with Gasteiger partial charge in [-0.15, -0.1) is 13.2 Å². The molecule has 1 saturated heterocycles. The number of piperidine rings is 1. The largest absolute Gasteiger partial charge is 0.573 e. The summed E-state index contributed by atoms with van der Waals surface area (Å²) in [6.45, 7) is 6.43. The van der Waals surface area contributed by atoms with E-state index in [1.165, 1.54) is 12.1 Å². The van der Waals surface area contributed by atoms with Crippen LogP contribution in [0.2, 0.25) is 0 Å². The molecule has 2 amide bonds. The zero-order chi connectivity index (χ0) is 23.5. The van der Waals surface area contributed by atoms with E-state index in [9.17, 15) is 22.8 Å². The van der Waals surface area contributed by atoms with Crippen molar-refractivity contribution < 1.29 is 32.2 Å². The molecule has 2 aromatic rings. The number of alkyl halides is 3. The summed E-state index contributed by atoms with van der Waals surface area (Å²) < 4.78 is 48.4. The standard InChI is InChI=1S/C22H26F3N3O4/c1-21(2,3)32-20(30)27-12-9-16(10-13-27)28-11-5-8-18(28)19(29)26-15-6-4-7-17(14-15)31-22(23,24)25/h4-8,11,14,16H,9-10,12-13H2,1-3H3,(H,26,29). The molecule has 0 spiro atoms. The topological polar surface area (TPSA) is 72.8 Å². The Kier molecular flexibility index (Phi) is 6.71. The summed E-state index contributed by atoms with van der Waals surface area (Å²) in [5.74, 6) is -0.867. The third-order valence-corrected chi connectivity index (χ3v) is 4.85. The van der Waals surface area contributed by atoms with Crippen molar-refractivity contribution in [1.82, 2.24) is 9.47 Å². The van der Waals surface area contributed by atoms with E-state index in [-0.39, 0.29) is 17.8 Å². The van der Waals surface area contributed by atoms with E-state index in [0.29, 0.717) is 31.6 Å². The van der Waals surface area contributed by atoms with Crippen molar-refractivity contribution >= 4 is 17.7 Å². The maximum Gasteiger partial charge on any atom is 0.573 e. The highest BCUT2D eigenvalue weighted by Crippen LogP contribution is 2.28. The van der Waals surface area contributed by atoms with Crippen molar-refractivity contribution in [1.29, 1.82) is 0 Å². The summed E-state index contributed by atoms with van der Waals surface area (Å²) in [7, 11) is 0. The number of carbonyl (C=O) groups is 2. The molecule has 1 aromatic carbocycles. The van der Waals surface area contributed by atoms with E-state index in [0.717, 1.165) is 12.1 Å². The zero-order valence-electron chi connectivity index (χ0n) is 18.1. The molecule has 0 saturated carbocycles. The Morgan fingerprint density at radius 1 is 1.06 bits per heavy atom. The quantitative estimate of drug-likeness (QED) is 0.690. The average molecular weight is 453 g/mol. The van der Waals surface area contributed by atoms with Crippen LogP contribution in [-0.4, -0.2) is 46.5 Å². The van der Waals surface area contributed by atoms with Gasteiger partial charge in [0.1, 0.15) is 17.0 Å². The SMILES string of the molecule is CC(C)(C)OC(=O)N1CCC(n2cccc2C(=O)Nc2cccc(OC(F)(F)F)c2)CC1. The van der Waals surface area contributed by atoms with E-state index in [4.69, 9.17) is 4.74 Å². The van der Waals surface area contributed by atoms with Crippen LogP contribution >= 0.6 is 0 Å². The molecule has 3 rings (SSSR count). The first kappa shape index (κ1) is 23.5. The van der Waals surface area contributed by atoms with Crippen LogP contribution in [0.25, 0.3) is 0 Å². The predicted octanol–water partition coefficient (Wildman–Crippen LogP) is 5.21. The third kappa shape index (κ3) is 6.41. The van der Waals surface area contributed by atoms with Crippen LogP contribution in [0.15, 0.2) is 42.6 Å². The summed E-state index contributed by atoms with van der Waals surface area (Å²) in [5.41, 5.74) is -0.00526. The second-order valence-electron chi connectivity index (χ2n) is 8.53. The number of benzene rings is 1. The fraction of sp³-hybridized carbons (Fsp3) is 0.455. The van der Waals surface area contributed by atoms with Crippen LogP contribution in [0.4, 0.5) is 23.7 Å². The number of hydrogen-bond acceptors (Lipinski definition) is 4. The first-order valence-electron chi connectivity index (χ1n) is 10.2. The number of nitrogens with one attached hydrogen (secondary N) is 1. The van der Waals surface area contributed by atoms with Crippen LogP contribution < -0.4 is 10.1 Å². The van der Waals surface area contributed by atoms with Crippen LogP contribution in [0.1, 0.15) is 50.1 Å². The molecule has 0 bridgehead atoms. The van der Waals surface area contributed by atoms with Crippen LogP contribution in [0, 0.1) is 0 Å². The average Bonchev–Trinajstić information content (AvgIpc) is 3.15. The van der Waals surface area contributed by atoms with E-state index < -0.39 is 23.6 Å². The van der Waals surface area contributed by atoms with Gasteiger partial charge < -0.3 is 24.3 Å². The van der Waals surface area contributed by atoms with Crippen molar-refractivity contribution in [2.75, 3.05) is 18.4 Å². The summed E-state index contributed by atoms with van der Waals surface area (Å²) in [5, 5.41) is 2.61. The third-order valence-electron chi connectivity index (χ3n) is 4.85. The minimum atomic E-state index is -4.81. The molecule has 1 aromatic heterocycles.